The van der Waals surface area contributed by atoms with Crippen molar-refractivity contribution in [3.8, 4) is 0 Å². The Morgan fingerprint density at radius 1 is 1.19 bits per heavy atom. The number of primary amides is 1. The number of amides is 1. The van der Waals surface area contributed by atoms with Crippen molar-refractivity contribution in [3.63, 3.8) is 0 Å². The van der Waals surface area contributed by atoms with E-state index in [2.05, 4.69) is 15.1 Å². The van der Waals surface area contributed by atoms with Crippen molar-refractivity contribution in [1.29, 1.82) is 0 Å². The Labute approximate surface area is 128 Å². The number of nitrogens with zero attached hydrogens (tertiary/aromatic N) is 2. The SMILES string of the molecule is CC(CCCN1CCN(C2CC2)CC1)(NC1CC1)C(N)=O. The molecule has 1 saturated heterocycles. The molecule has 3 fully saturated rings. The first kappa shape index (κ1) is 15.3. The van der Waals surface area contributed by atoms with Gasteiger partial charge < -0.3 is 16.0 Å². The third kappa shape index (κ3) is 4.18. The molecule has 3 N–H and O–H groups in total. The van der Waals surface area contributed by atoms with Crippen molar-refractivity contribution in [2.24, 2.45) is 5.73 Å². The number of hydrogen-bond acceptors (Lipinski definition) is 4. The molecule has 2 aliphatic carbocycles. The molecular formula is C16H30N4O. The number of carbonyl (C=O) groups is 1. The first-order valence-electron chi connectivity index (χ1n) is 8.61. The maximum absolute atomic E-state index is 11.7. The standard InChI is InChI=1S/C16H30N4O/c1-16(15(17)21,18-13-3-4-13)7-2-8-19-9-11-20(12-10-19)14-5-6-14/h13-14,18H,2-12H2,1H3,(H2,17,21). The van der Waals surface area contributed by atoms with Gasteiger partial charge in [0.05, 0.1) is 5.54 Å². The third-order valence-electron chi connectivity index (χ3n) is 5.27. The van der Waals surface area contributed by atoms with Crippen molar-refractivity contribution in [2.45, 2.75) is 63.1 Å². The molecule has 0 bridgehead atoms. The van der Waals surface area contributed by atoms with Crippen LogP contribution in [0, 0.1) is 0 Å². The highest BCUT2D eigenvalue weighted by atomic mass is 16.1. The zero-order valence-corrected chi connectivity index (χ0v) is 13.3. The highest BCUT2D eigenvalue weighted by Crippen LogP contribution is 2.28. The summed E-state index contributed by atoms with van der Waals surface area (Å²) in [6.07, 6.45) is 7.08. The molecule has 0 aromatic rings. The van der Waals surface area contributed by atoms with E-state index in [0.717, 1.165) is 25.4 Å². The van der Waals surface area contributed by atoms with Crippen LogP contribution < -0.4 is 11.1 Å². The lowest BCUT2D eigenvalue weighted by molar-refractivity contribution is -0.124. The van der Waals surface area contributed by atoms with Gasteiger partial charge in [-0.05, 0) is 52.0 Å². The van der Waals surface area contributed by atoms with E-state index in [4.69, 9.17) is 5.73 Å². The fourth-order valence-corrected chi connectivity index (χ4v) is 3.39. The minimum absolute atomic E-state index is 0.201. The van der Waals surface area contributed by atoms with E-state index >= 15 is 0 Å². The summed E-state index contributed by atoms with van der Waals surface area (Å²) in [5, 5.41) is 3.43. The number of piperazine rings is 1. The molecule has 1 heterocycles. The molecule has 1 amide bonds. The normalized spacial score (nSPS) is 27.5. The Kier molecular flexibility index (Phi) is 4.52. The van der Waals surface area contributed by atoms with Gasteiger partial charge in [-0.3, -0.25) is 9.69 Å². The van der Waals surface area contributed by atoms with Crippen LogP contribution in [-0.4, -0.2) is 66.1 Å². The Morgan fingerprint density at radius 3 is 2.38 bits per heavy atom. The molecule has 3 aliphatic rings. The predicted octanol–water partition coefficient (Wildman–Crippen LogP) is 0.543. The van der Waals surface area contributed by atoms with Gasteiger partial charge in [0.25, 0.3) is 0 Å². The summed E-state index contributed by atoms with van der Waals surface area (Å²) >= 11 is 0. The van der Waals surface area contributed by atoms with Gasteiger partial charge in [0.1, 0.15) is 0 Å². The van der Waals surface area contributed by atoms with Crippen molar-refractivity contribution in [1.82, 2.24) is 15.1 Å². The lowest BCUT2D eigenvalue weighted by Gasteiger charge is -2.35. The number of carbonyl (C=O) groups excluding carboxylic acids is 1. The van der Waals surface area contributed by atoms with Gasteiger partial charge in [-0.25, -0.2) is 0 Å². The van der Waals surface area contributed by atoms with Gasteiger partial charge in [-0.1, -0.05) is 0 Å². The van der Waals surface area contributed by atoms with Crippen LogP contribution >= 0.6 is 0 Å². The highest BCUT2D eigenvalue weighted by Gasteiger charge is 2.36. The molecule has 5 heteroatoms. The highest BCUT2D eigenvalue weighted by molar-refractivity contribution is 5.84. The summed E-state index contributed by atoms with van der Waals surface area (Å²) in [6.45, 7) is 7.86. The summed E-state index contributed by atoms with van der Waals surface area (Å²) in [5.41, 5.74) is 5.09. The zero-order valence-electron chi connectivity index (χ0n) is 13.3. The number of nitrogens with two attached hydrogens (primary N) is 1. The lowest BCUT2D eigenvalue weighted by Crippen LogP contribution is -2.54. The molecule has 1 atom stereocenters. The molecule has 120 valence electrons. The number of hydrogen-bond donors (Lipinski definition) is 2. The minimum Gasteiger partial charge on any atom is -0.368 e. The molecule has 1 aliphatic heterocycles. The molecule has 1 unspecified atom stereocenters. The smallest absolute Gasteiger partial charge is 0.237 e. The van der Waals surface area contributed by atoms with Gasteiger partial charge in [0, 0.05) is 38.3 Å². The fraction of sp³-hybridized carbons (Fsp3) is 0.938. The van der Waals surface area contributed by atoms with E-state index in [9.17, 15) is 4.79 Å². The molecule has 21 heavy (non-hydrogen) atoms. The Bertz CT molecular complexity index is 372. The van der Waals surface area contributed by atoms with E-state index in [0.29, 0.717) is 6.04 Å². The molecule has 2 saturated carbocycles. The van der Waals surface area contributed by atoms with E-state index < -0.39 is 5.54 Å². The zero-order chi connectivity index (χ0) is 14.9. The van der Waals surface area contributed by atoms with E-state index in [1.165, 1.54) is 51.9 Å². The Morgan fingerprint density at radius 2 is 1.86 bits per heavy atom. The quantitative estimate of drug-likeness (QED) is 0.686. The van der Waals surface area contributed by atoms with E-state index in [1.54, 1.807) is 0 Å². The molecule has 0 radical (unpaired) electrons. The van der Waals surface area contributed by atoms with Crippen LogP contribution in [0.5, 0.6) is 0 Å². The predicted molar refractivity (Wildman–Crippen MR) is 84.0 cm³/mol. The molecule has 0 aromatic heterocycles. The maximum atomic E-state index is 11.7. The van der Waals surface area contributed by atoms with Crippen LogP contribution in [0.3, 0.4) is 0 Å². The molecule has 0 aromatic carbocycles. The average molecular weight is 294 g/mol. The number of rotatable bonds is 8. The van der Waals surface area contributed by atoms with E-state index in [1.807, 2.05) is 6.92 Å². The molecular weight excluding hydrogens is 264 g/mol. The first-order chi connectivity index (χ1) is 10.1. The van der Waals surface area contributed by atoms with Crippen LogP contribution in [0.4, 0.5) is 0 Å². The maximum Gasteiger partial charge on any atom is 0.237 e. The summed E-state index contributed by atoms with van der Waals surface area (Å²) < 4.78 is 0. The summed E-state index contributed by atoms with van der Waals surface area (Å²) in [7, 11) is 0. The van der Waals surface area contributed by atoms with Crippen LogP contribution in [0.1, 0.15) is 45.4 Å². The Balaban J connectivity index is 1.37. The van der Waals surface area contributed by atoms with Gasteiger partial charge in [0.2, 0.25) is 5.91 Å². The molecule has 3 rings (SSSR count). The third-order valence-corrected chi connectivity index (χ3v) is 5.27. The Hall–Kier alpha value is -0.650. The topological polar surface area (TPSA) is 61.6 Å². The summed E-state index contributed by atoms with van der Waals surface area (Å²) in [4.78, 5) is 16.9. The summed E-state index contributed by atoms with van der Waals surface area (Å²) in [5.74, 6) is -0.201. The second kappa shape index (κ2) is 6.23. The van der Waals surface area contributed by atoms with Crippen molar-refractivity contribution in [3.05, 3.63) is 0 Å². The monoisotopic (exact) mass is 294 g/mol. The molecule has 0 spiro atoms. The second-order valence-electron chi connectivity index (χ2n) is 7.33. The van der Waals surface area contributed by atoms with E-state index in [-0.39, 0.29) is 5.91 Å². The van der Waals surface area contributed by atoms with Crippen molar-refractivity contribution in [2.75, 3.05) is 32.7 Å². The van der Waals surface area contributed by atoms with Crippen LogP contribution in [0.25, 0.3) is 0 Å². The van der Waals surface area contributed by atoms with Crippen LogP contribution in [0.2, 0.25) is 0 Å². The van der Waals surface area contributed by atoms with Gasteiger partial charge in [-0.15, -0.1) is 0 Å². The van der Waals surface area contributed by atoms with Gasteiger partial charge in [0.15, 0.2) is 0 Å². The second-order valence-corrected chi connectivity index (χ2v) is 7.33. The number of nitrogens with one attached hydrogen (secondary N) is 1. The lowest BCUT2D eigenvalue weighted by atomic mass is 9.94. The largest absolute Gasteiger partial charge is 0.368 e. The minimum atomic E-state index is -0.517. The van der Waals surface area contributed by atoms with Crippen molar-refractivity contribution < 1.29 is 4.79 Å². The molecule has 5 nitrogen and oxygen atoms in total. The van der Waals surface area contributed by atoms with Gasteiger partial charge in [-0.2, -0.15) is 0 Å². The van der Waals surface area contributed by atoms with Crippen molar-refractivity contribution >= 4 is 5.91 Å². The first-order valence-corrected chi connectivity index (χ1v) is 8.61. The fourth-order valence-electron chi connectivity index (χ4n) is 3.39. The average Bonchev–Trinajstić information content (AvgIpc) is 3.33. The summed E-state index contributed by atoms with van der Waals surface area (Å²) in [6, 6.07) is 1.41. The van der Waals surface area contributed by atoms with Crippen LogP contribution in [-0.2, 0) is 4.79 Å². The van der Waals surface area contributed by atoms with Gasteiger partial charge >= 0.3 is 0 Å². The van der Waals surface area contributed by atoms with Crippen LogP contribution in [0.15, 0.2) is 0 Å².